The molecule has 1 aliphatic heterocycles. The summed E-state index contributed by atoms with van der Waals surface area (Å²) in [4.78, 5) is 16.8. The number of carbonyl (C=O) groups is 1. The highest BCUT2D eigenvalue weighted by Crippen LogP contribution is 2.26. The van der Waals surface area contributed by atoms with Crippen LogP contribution in [0.2, 0.25) is 5.02 Å². The van der Waals surface area contributed by atoms with Crippen LogP contribution in [0.3, 0.4) is 0 Å². The van der Waals surface area contributed by atoms with Crippen LogP contribution >= 0.6 is 11.6 Å². The molecule has 3 rings (SSSR count). The number of methoxy groups -OCH3 is 1. The largest absolute Gasteiger partial charge is 0.377 e. The predicted molar refractivity (Wildman–Crippen MR) is 91.1 cm³/mol. The Kier molecular flexibility index (Phi) is 5.01. The van der Waals surface area contributed by atoms with Crippen LogP contribution in [0, 0.1) is 6.92 Å². The van der Waals surface area contributed by atoms with Gasteiger partial charge in [0.05, 0.1) is 16.8 Å². The highest BCUT2D eigenvalue weighted by Gasteiger charge is 2.26. The van der Waals surface area contributed by atoms with Gasteiger partial charge in [0.15, 0.2) is 5.82 Å². The molecule has 1 aromatic heterocycles. The summed E-state index contributed by atoms with van der Waals surface area (Å²) in [5.41, 5.74) is 1.50. The molecule has 1 unspecified atom stereocenters. The van der Waals surface area contributed by atoms with Crippen molar-refractivity contribution in [2.45, 2.75) is 39.0 Å². The molecule has 0 spiro atoms. The van der Waals surface area contributed by atoms with Gasteiger partial charge in [-0.25, -0.2) is 14.5 Å². The molecule has 7 nitrogen and oxygen atoms in total. The highest BCUT2D eigenvalue weighted by atomic mass is 35.5. The molecular formula is C16H20ClN5O2. The summed E-state index contributed by atoms with van der Waals surface area (Å²) in [5, 5.41) is 10.7. The van der Waals surface area contributed by atoms with E-state index in [1.165, 1.54) is 0 Å². The van der Waals surface area contributed by atoms with Crippen LogP contribution in [0.25, 0.3) is 0 Å². The van der Waals surface area contributed by atoms with Crippen molar-refractivity contribution in [2.75, 3.05) is 12.4 Å². The Balaban J connectivity index is 1.70. The molecule has 2 heterocycles. The minimum absolute atomic E-state index is 0.180. The number of ether oxygens (including phenoxy) is 1. The van der Waals surface area contributed by atoms with Gasteiger partial charge in [0, 0.05) is 13.7 Å². The first-order valence-electron chi connectivity index (χ1n) is 7.83. The third-order valence-electron chi connectivity index (χ3n) is 3.94. The van der Waals surface area contributed by atoms with Gasteiger partial charge in [0.1, 0.15) is 12.4 Å². The van der Waals surface area contributed by atoms with E-state index in [-0.39, 0.29) is 12.1 Å². The highest BCUT2D eigenvalue weighted by molar-refractivity contribution is 6.34. The topological polar surface area (TPSA) is 81.1 Å². The minimum Gasteiger partial charge on any atom is -0.377 e. The number of aryl methyl sites for hydroxylation is 2. The second-order valence-corrected chi connectivity index (χ2v) is 6.15. The molecule has 0 saturated carbocycles. The molecule has 2 amide bonds. The lowest BCUT2D eigenvalue weighted by molar-refractivity contribution is 0.177. The third-order valence-corrected chi connectivity index (χ3v) is 4.44. The van der Waals surface area contributed by atoms with E-state index in [1.54, 1.807) is 13.2 Å². The fourth-order valence-electron chi connectivity index (χ4n) is 2.79. The first-order valence-corrected chi connectivity index (χ1v) is 8.21. The van der Waals surface area contributed by atoms with Gasteiger partial charge < -0.3 is 15.4 Å². The molecule has 0 saturated heterocycles. The first kappa shape index (κ1) is 16.7. The number of nitrogens with one attached hydrogen (secondary N) is 2. The zero-order valence-corrected chi connectivity index (χ0v) is 14.4. The normalized spacial score (nSPS) is 16.5. The summed E-state index contributed by atoms with van der Waals surface area (Å²) in [6, 6.07) is 5.03. The number of hydrogen-bond acceptors (Lipinski definition) is 4. The molecule has 8 heteroatoms. The molecule has 0 bridgehead atoms. The van der Waals surface area contributed by atoms with Gasteiger partial charge in [-0.1, -0.05) is 23.7 Å². The Hall–Kier alpha value is -2.12. The lowest BCUT2D eigenvalue weighted by atomic mass is 10.1. The monoisotopic (exact) mass is 349 g/mol. The minimum atomic E-state index is -0.308. The van der Waals surface area contributed by atoms with Crippen molar-refractivity contribution >= 4 is 23.3 Å². The maximum absolute atomic E-state index is 12.3. The number of aromatic nitrogens is 3. The molecule has 0 fully saturated rings. The van der Waals surface area contributed by atoms with Gasteiger partial charge in [0.25, 0.3) is 0 Å². The molecule has 1 aromatic carbocycles. The molecule has 0 aliphatic carbocycles. The summed E-state index contributed by atoms with van der Waals surface area (Å²) in [7, 11) is 1.61. The number of anilines is 1. The van der Waals surface area contributed by atoms with Crippen LogP contribution in [0.15, 0.2) is 18.2 Å². The van der Waals surface area contributed by atoms with Crippen LogP contribution in [0.1, 0.15) is 36.1 Å². The van der Waals surface area contributed by atoms with E-state index in [4.69, 9.17) is 16.3 Å². The Bertz CT molecular complexity index is 746. The number of amides is 2. The smallest absolute Gasteiger partial charge is 0.319 e. The molecule has 1 aliphatic rings. The van der Waals surface area contributed by atoms with Crippen molar-refractivity contribution < 1.29 is 9.53 Å². The van der Waals surface area contributed by atoms with Gasteiger partial charge in [-0.05, 0) is 31.4 Å². The molecule has 2 N–H and O–H groups in total. The molecule has 2 aromatic rings. The van der Waals surface area contributed by atoms with E-state index in [0.717, 1.165) is 30.8 Å². The van der Waals surface area contributed by atoms with Crippen molar-refractivity contribution in [3.8, 4) is 0 Å². The number of nitrogens with zero attached hydrogens (tertiary/aromatic N) is 3. The van der Waals surface area contributed by atoms with E-state index in [9.17, 15) is 4.79 Å². The van der Waals surface area contributed by atoms with Gasteiger partial charge in [-0.15, -0.1) is 0 Å². The van der Waals surface area contributed by atoms with Crippen molar-refractivity contribution in [2.24, 2.45) is 0 Å². The SMILES string of the molecule is COCc1nc2n(n1)CCCC2NC(=O)Nc1cccc(C)c1Cl. The molecule has 1 atom stereocenters. The maximum Gasteiger partial charge on any atom is 0.319 e. The summed E-state index contributed by atoms with van der Waals surface area (Å²) in [6.45, 7) is 3.06. The Morgan fingerprint density at radius 3 is 3.12 bits per heavy atom. The second kappa shape index (κ2) is 7.19. The fourth-order valence-corrected chi connectivity index (χ4v) is 2.96. The molecular weight excluding hydrogens is 330 g/mol. The molecule has 0 radical (unpaired) electrons. The Labute approximate surface area is 145 Å². The van der Waals surface area contributed by atoms with Crippen LogP contribution < -0.4 is 10.6 Å². The van der Waals surface area contributed by atoms with E-state index in [2.05, 4.69) is 20.7 Å². The van der Waals surface area contributed by atoms with Gasteiger partial charge in [0.2, 0.25) is 0 Å². The number of hydrogen-bond donors (Lipinski definition) is 2. The predicted octanol–water partition coefficient (Wildman–Crippen LogP) is 3.04. The quantitative estimate of drug-likeness (QED) is 0.889. The van der Waals surface area contributed by atoms with Crippen molar-refractivity contribution in [3.05, 3.63) is 40.4 Å². The van der Waals surface area contributed by atoms with Crippen LogP contribution in [0.4, 0.5) is 10.5 Å². The van der Waals surface area contributed by atoms with Crippen molar-refractivity contribution in [1.82, 2.24) is 20.1 Å². The fraction of sp³-hybridized carbons (Fsp3) is 0.438. The van der Waals surface area contributed by atoms with Crippen LogP contribution in [-0.2, 0) is 17.9 Å². The number of carbonyl (C=O) groups excluding carboxylic acids is 1. The average molecular weight is 350 g/mol. The van der Waals surface area contributed by atoms with Gasteiger partial charge >= 0.3 is 6.03 Å². The summed E-state index contributed by atoms with van der Waals surface area (Å²) in [6.07, 6.45) is 1.75. The van der Waals surface area contributed by atoms with E-state index in [1.807, 2.05) is 23.7 Å². The van der Waals surface area contributed by atoms with Crippen LogP contribution in [-0.4, -0.2) is 27.9 Å². The van der Waals surface area contributed by atoms with E-state index < -0.39 is 0 Å². The van der Waals surface area contributed by atoms with Crippen LogP contribution in [0.5, 0.6) is 0 Å². The van der Waals surface area contributed by atoms with Gasteiger partial charge in [-0.3, -0.25) is 0 Å². The Morgan fingerprint density at radius 2 is 2.33 bits per heavy atom. The standard InChI is InChI=1S/C16H20ClN5O2/c1-10-5-3-6-11(14(10)17)18-16(23)19-12-7-4-8-22-15(12)20-13(21-22)9-24-2/h3,5-6,12H,4,7-9H2,1-2H3,(H2,18,19,23). The van der Waals surface area contributed by atoms with E-state index >= 15 is 0 Å². The number of benzene rings is 1. The third kappa shape index (κ3) is 3.52. The lowest BCUT2D eigenvalue weighted by Crippen LogP contribution is -2.36. The lowest BCUT2D eigenvalue weighted by Gasteiger charge is -2.23. The Morgan fingerprint density at radius 1 is 1.50 bits per heavy atom. The second-order valence-electron chi connectivity index (χ2n) is 5.77. The summed E-state index contributed by atoms with van der Waals surface area (Å²) in [5.74, 6) is 1.39. The van der Waals surface area contributed by atoms with Crippen molar-refractivity contribution in [1.29, 1.82) is 0 Å². The zero-order valence-electron chi connectivity index (χ0n) is 13.7. The average Bonchev–Trinajstić information content (AvgIpc) is 2.96. The number of halogens is 1. The summed E-state index contributed by atoms with van der Waals surface area (Å²) >= 11 is 6.22. The maximum atomic E-state index is 12.3. The zero-order chi connectivity index (χ0) is 17.1. The van der Waals surface area contributed by atoms with Crippen molar-refractivity contribution in [3.63, 3.8) is 0 Å². The summed E-state index contributed by atoms with van der Waals surface area (Å²) < 4.78 is 6.91. The van der Waals surface area contributed by atoms with E-state index in [0.29, 0.717) is 23.1 Å². The van der Waals surface area contributed by atoms with Gasteiger partial charge in [-0.2, -0.15) is 5.10 Å². The number of rotatable bonds is 4. The number of urea groups is 1. The number of fused-ring (bicyclic) bond motifs is 1. The first-order chi connectivity index (χ1) is 11.6. The molecule has 128 valence electrons. The molecule has 24 heavy (non-hydrogen) atoms.